The molecule has 0 saturated heterocycles. The van der Waals surface area contributed by atoms with Crippen molar-refractivity contribution in [1.29, 1.82) is 0 Å². The average Bonchev–Trinajstić information content (AvgIpc) is 2.95. The fourth-order valence-electron chi connectivity index (χ4n) is 2.08. The number of benzene rings is 1. The van der Waals surface area contributed by atoms with E-state index in [0.717, 1.165) is 22.5 Å². The van der Waals surface area contributed by atoms with E-state index < -0.39 is 11.7 Å². The standard InChI is InChI=1S/C14H11F3N4/c15-14(16,17)11-7-19-21(8-11)13-10(6-18)5-9-3-1-2-4-12(9)20-13/h1-5,7-8H,6,18H2. The van der Waals surface area contributed by atoms with Crippen molar-refractivity contribution in [3.8, 4) is 5.82 Å². The van der Waals surface area contributed by atoms with E-state index >= 15 is 0 Å². The van der Waals surface area contributed by atoms with Crippen LogP contribution in [0.4, 0.5) is 13.2 Å². The lowest BCUT2D eigenvalue weighted by Crippen LogP contribution is -2.08. The molecular formula is C14H11F3N4. The van der Waals surface area contributed by atoms with Gasteiger partial charge in [-0.15, -0.1) is 0 Å². The first-order valence-electron chi connectivity index (χ1n) is 6.20. The molecule has 7 heteroatoms. The van der Waals surface area contributed by atoms with Crippen molar-refractivity contribution in [2.75, 3.05) is 0 Å². The number of fused-ring (bicyclic) bond motifs is 1. The van der Waals surface area contributed by atoms with E-state index in [-0.39, 0.29) is 6.54 Å². The van der Waals surface area contributed by atoms with E-state index in [1.165, 1.54) is 0 Å². The van der Waals surface area contributed by atoms with Crippen LogP contribution in [0.25, 0.3) is 16.7 Å². The van der Waals surface area contributed by atoms with E-state index in [2.05, 4.69) is 10.1 Å². The molecule has 0 bridgehead atoms. The van der Waals surface area contributed by atoms with Crippen LogP contribution in [0, 0.1) is 0 Å². The Kier molecular flexibility index (Phi) is 3.13. The highest BCUT2D eigenvalue weighted by Crippen LogP contribution is 2.29. The van der Waals surface area contributed by atoms with Gasteiger partial charge in [0.05, 0.1) is 17.3 Å². The van der Waals surface area contributed by atoms with E-state index in [4.69, 9.17) is 5.73 Å². The van der Waals surface area contributed by atoms with Gasteiger partial charge in [-0.1, -0.05) is 18.2 Å². The number of pyridine rings is 1. The molecule has 3 rings (SSSR count). The highest BCUT2D eigenvalue weighted by atomic mass is 19.4. The fourth-order valence-corrected chi connectivity index (χ4v) is 2.08. The molecule has 1 aromatic carbocycles. The number of halogens is 3. The van der Waals surface area contributed by atoms with Crippen molar-refractivity contribution < 1.29 is 13.2 Å². The SMILES string of the molecule is NCc1cc2ccccc2nc1-n1cc(C(F)(F)F)cn1. The number of hydrogen-bond acceptors (Lipinski definition) is 3. The van der Waals surface area contributed by atoms with Gasteiger partial charge in [0.25, 0.3) is 0 Å². The molecule has 2 N–H and O–H groups in total. The molecular weight excluding hydrogens is 281 g/mol. The molecule has 0 amide bonds. The van der Waals surface area contributed by atoms with Crippen molar-refractivity contribution in [3.63, 3.8) is 0 Å². The Morgan fingerprint density at radius 3 is 2.62 bits per heavy atom. The lowest BCUT2D eigenvalue weighted by atomic mass is 10.1. The Morgan fingerprint density at radius 2 is 1.95 bits per heavy atom. The summed E-state index contributed by atoms with van der Waals surface area (Å²) >= 11 is 0. The largest absolute Gasteiger partial charge is 0.419 e. The maximum atomic E-state index is 12.7. The molecule has 0 atom stereocenters. The number of aromatic nitrogens is 3. The minimum absolute atomic E-state index is 0.161. The molecule has 108 valence electrons. The summed E-state index contributed by atoms with van der Waals surface area (Å²) in [6.07, 6.45) is -2.74. The molecule has 0 saturated carbocycles. The molecule has 2 heterocycles. The highest BCUT2D eigenvalue weighted by Gasteiger charge is 2.32. The Hall–Kier alpha value is -2.41. The van der Waals surface area contributed by atoms with E-state index in [9.17, 15) is 13.2 Å². The zero-order valence-electron chi connectivity index (χ0n) is 10.8. The topological polar surface area (TPSA) is 56.7 Å². The van der Waals surface area contributed by atoms with Crippen LogP contribution in [0.2, 0.25) is 0 Å². The highest BCUT2D eigenvalue weighted by molar-refractivity contribution is 5.80. The molecule has 0 radical (unpaired) electrons. The van der Waals surface area contributed by atoms with Crippen LogP contribution < -0.4 is 5.73 Å². The molecule has 0 aliphatic rings. The first-order valence-corrected chi connectivity index (χ1v) is 6.20. The zero-order valence-corrected chi connectivity index (χ0v) is 10.8. The predicted molar refractivity (Wildman–Crippen MR) is 71.8 cm³/mol. The summed E-state index contributed by atoms with van der Waals surface area (Å²) in [5.41, 5.74) is 6.15. The zero-order chi connectivity index (χ0) is 15.0. The lowest BCUT2D eigenvalue weighted by Gasteiger charge is -2.09. The van der Waals surface area contributed by atoms with Crippen molar-refractivity contribution in [3.05, 3.63) is 53.9 Å². The fraction of sp³-hybridized carbons (Fsp3) is 0.143. The number of rotatable bonds is 2. The summed E-state index contributed by atoms with van der Waals surface area (Å²) in [5, 5.41) is 4.63. The van der Waals surface area contributed by atoms with Crippen molar-refractivity contribution >= 4 is 10.9 Å². The second kappa shape index (κ2) is 4.85. The number of para-hydroxylation sites is 1. The Balaban J connectivity index is 2.17. The maximum Gasteiger partial charge on any atom is 0.419 e. The van der Waals surface area contributed by atoms with Crippen molar-refractivity contribution in [2.45, 2.75) is 12.7 Å². The van der Waals surface area contributed by atoms with E-state index in [1.54, 1.807) is 6.07 Å². The van der Waals surface area contributed by atoms with Gasteiger partial charge in [0.2, 0.25) is 0 Å². The van der Waals surface area contributed by atoms with Gasteiger partial charge in [0.1, 0.15) is 0 Å². The first kappa shape index (κ1) is 13.6. The quantitative estimate of drug-likeness (QED) is 0.790. The number of hydrogen-bond donors (Lipinski definition) is 1. The second-order valence-corrected chi connectivity index (χ2v) is 4.54. The summed E-state index contributed by atoms with van der Waals surface area (Å²) in [7, 11) is 0. The molecule has 3 aromatic rings. The van der Waals surface area contributed by atoms with E-state index in [1.807, 2.05) is 24.3 Å². The monoisotopic (exact) mass is 292 g/mol. The van der Waals surface area contributed by atoms with Gasteiger partial charge in [-0.05, 0) is 12.1 Å². The van der Waals surface area contributed by atoms with Gasteiger partial charge in [-0.25, -0.2) is 9.67 Å². The Morgan fingerprint density at radius 1 is 1.19 bits per heavy atom. The van der Waals surface area contributed by atoms with Gasteiger partial charge in [0, 0.05) is 23.7 Å². The van der Waals surface area contributed by atoms with Crippen LogP contribution in [0.3, 0.4) is 0 Å². The third kappa shape index (κ3) is 2.47. The van der Waals surface area contributed by atoms with Crippen LogP contribution in [0.15, 0.2) is 42.7 Å². The minimum Gasteiger partial charge on any atom is -0.326 e. The Bertz CT molecular complexity index is 792. The molecule has 0 unspecified atom stereocenters. The molecule has 21 heavy (non-hydrogen) atoms. The van der Waals surface area contributed by atoms with Gasteiger partial charge < -0.3 is 5.73 Å². The number of nitrogens with two attached hydrogens (primary N) is 1. The molecule has 0 aliphatic heterocycles. The molecule has 0 spiro atoms. The third-order valence-corrected chi connectivity index (χ3v) is 3.13. The minimum atomic E-state index is -4.43. The van der Waals surface area contributed by atoms with Gasteiger partial charge in [-0.3, -0.25) is 0 Å². The number of nitrogens with zero attached hydrogens (tertiary/aromatic N) is 3. The molecule has 0 aliphatic carbocycles. The van der Waals surface area contributed by atoms with Crippen molar-refractivity contribution in [2.24, 2.45) is 5.73 Å². The smallest absolute Gasteiger partial charge is 0.326 e. The predicted octanol–water partition coefficient (Wildman–Crippen LogP) is 2.90. The second-order valence-electron chi connectivity index (χ2n) is 4.54. The summed E-state index contributed by atoms with van der Waals surface area (Å²) in [6, 6.07) is 9.14. The molecule has 2 aromatic heterocycles. The number of alkyl halides is 3. The summed E-state index contributed by atoms with van der Waals surface area (Å²) in [4.78, 5) is 4.36. The molecule has 4 nitrogen and oxygen atoms in total. The normalized spacial score (nSPS) is 12.0. The lowest BCUT2D eigenvalue weighted by molar-refractivity contribution is -0.137. The summed E-state index contributed by atoms with van der Waals surface area (Å²) < 4.78 is 39.1. The van der Waals surface area contributed by atoms with Crippen LogP contribution in [0.1, 0.15) is 11.1 Å². The van der Waals surface area contributed by atoms with E-state index in [0.29, 0.717) is 16.9 Å². The first-order chi connectivity index (χ1) is 9.99. The van der Waals surface area contributed by atoms with Crippen LogP contribution >= 0.6 is 0 Å². The van der Waals surface area contributed by atoms with Gasteiger partial charge in [0.15, 0.2) is 5.82 Å². The molecule has 0 fully saturated rings. The maximum absolute atomic E-state index is 12.7. The van der Waals surface area contributed by atoms with Crippen molar-refractivity contribution in [1.82, 2.24) is 14.8 Å². The Labute approximate surface area is 118 Å². The van der Waals surface area contributed by atoms with Crippen LogP contribution in [-0.2, 0) is 12.7 Å². The van der Waals surface area contributed by atoms with Crippen LogP contribution in [0.5, 0.6) is 0 Å². The average molecular weight is 292 g/mol. The van der Waals surface area contributed by atoms with Gasteiger partial charge >= 0.3 is 6.18 Å². The summed E-state index contributed by atoms with van der Waals surface area (Å²) in [6.45, 7) is 0.161. The summed E-state index contributed by atoms with van der Waals surface area (Å²) in [5.74, 6) is 0.312. The van der Waals surface area contributed by atoms with Gasteiger partial charge in [-0.2, -0.15) is 18.3 Å². The van der Waals surface area contributed by atoms with Crippen LogP contribution in [-0.4, -0.2) is 14.8 Å². The third-order valence-electron chi connectivity index (χ3n) is 3.13.